The molecule has 0 fully saturated rings. The zero-order valence-corrected chi connectivity index (χ0v) is 19.0. The standard InChI is InChI=1S/C28H21F2O2S/c1-28(2,19-14-15-23(29)24(30)17-19)32-27(31)18-8-7-9-20(16-18)33-25-12-5-3-10-21(25)22-11-4-6-13-26(22)33/h3-17H,1-2H3/q+1. The predicted molar refractivity (Wildman–Crippen MR) is 130 cm³/mol. The highest BCUT2D eigenvalue weighted by Crippen LogP contribution is 2.48. The molecular weight excluding hydrogens is 438 g/mol. The first-order valence-corrected chi connectivity index (χ1v) is 11.8. The van der Waals surface area contributed by atoms with Gasteiger partial charge in [-0.2, -0.15) is 0 Å². The summed E-state index contributed by atoms with van der Waals surface area (Å²) in [7, 11) is -0.331. The molecule has 0 radical (unpaired) electrons. The van der Waals surface area contributed by atoms with Gasteiger partial charge in [-0.15, -0.1) is 0 Å². The Hall–Kier alpha value is -3.57. The van der Waals surface area contributed by atoms with Gasteiger partial charge in [-0.1, -0.05) is 36.4 Å². The van der Waals surface area contributed by atoms with Gasteiger partial charge in [0.05, 0.1) is 5.56 Å². The molecule has 1 heterocycles. The quantitative estimate of drug-likeness (QED) is 0.200. The van der Waals surface area contributed by atoms with Crippen molar-refractivity contribution in [3.63, 3.8) is 0 Å². The van der Waals surface area contributed by atoms with E-state index < -0.39 is 23.2 Å². The summed E-state index contributed by atoms with van der Waals surface area (Å²) in [5, 5.41) is 2.42. The Balaban J connectivity index is 1.54. The van der Waals surface area contributed by atoms with E-state index in [1.54, 1.807) is 19.9 Å². The number of halogens is 2. The summed E-state index contributed by atoms with van der Waals surface area (Å²) in [5.74, 6) is -2.43. The molecule has 0 saturated carbocycles. The van der Waals surface area contributed by atoms with Crippen molar-refractivity contribution in [3.8, 4) is 4.90 Å². The zero-order valence-electron chi connectivity index (χ0n) is 18.1. The summed E-state index contributed by atoms with van der Waals surface area (Å²) < 4.78 is 35.3. The van der Waals surface area contributed by atoms with Crippen molar-refractivity contribution in [1.29, 1.82) is 0 Å². The molecule has 0 spiro atoms. The number of thiophene rings is 1. The van der Waals surface area contributed by atoms with Crippen molar-refractivity contribution in [3.05, 3.63) is 114 Å². The molecule has 0 aliphatic carbocycles. The molecule has 4 aromatic carbocycles. The molecule has 2 nitrogen and oxygen atoms in total. The SMILES string of the molecule is CC(C)(OC(=O)c1cccc(-[s+]2c3ccccc3c3ccccc32)c1)c1ccc(F)c(F)c1. The maximum Gasteiger partial charge on any atom is 0.339 e. The maximum atomic E-state index is 13.7. The highest BCUT2D eigenvalue weighted by atomic mass is 32.2. The minimum Gasteiger partial charge on any atom is -0.451 e. The lowest BCUT2D eigenvalue weighted by atomic mass is 9.97. The van der Waals surface area contributed by atoms with Gasteiger partial charge in [-0.05, 0) is 67.9 Å². The van der Waals surface area contributed by atoms with Gasteiger partial charge in [0.25, 0.3) is 0 Å². The lowest BCUT2D eigenvalue weighted by Gasteiger charge is -2.25. The largest absolute Gasteiger partial charge is 0.451 e. The second-order valence-electron chi connectivity index (χ2n) is 8.36. The summed E-state index contributed by atoms with van der Waals surface area (Å²) in [6, 6.07) is 27.7. The zero-order chi connectivity index (χ0) is 23.2. The van der Waals surface area contributed by atoms with Gasteiger partial charge in [-0.25, -0.2) is 13.6 Å². The summed E-state index contributed by atoms with van der Waals surface area (Å²) >= 11 is 0. The molecule has 5 aromatic rings. The summed E-state index contributed by atoms with van der Waals surface area (Å²) in [6.07, 6.45) is 0. The van der Waals surface area contributed by atoms with Gasteiger partial charge in [-0.3, -0.25) is 0 Å². The van der Waals surface area contributed by atoms with Crippen molar-refractivity contribution in [2.24, 2.45) is 0 Å². The highest BCUT2D eigenvalue weighted by Gasteiger charge is 2.29. The average Bonchev–Trinajstić information content (AvgIpc) is 3.15. The summed E-state index contributed by atoms with van der Waals surface area (Å²) in [4.78, 5) is 14.1. The fourth-order valence-electron chi connectivity index (χ4n) is 4.08. The second kappa shape index (κ2) is 8.09. The van der Waals surface area contributed by atoms with Crippen LogP contribution in [-0.4, -0.2) is 5.97 Å². The lowest BCUT2D eigenvalue weighted by Crippen LogP contribution is -2.26. The summed E-state index contributed by atoms with van der Waals surface area (Å²) in [6.45, 7) is 3.32. The van der Waals surface area contributed by atoms with Gasteiger partial charge in [0, 0.05) is 27.3 Å². The van der Waals surface area contributed by atoms with Gasteiger partial charge in [0.1, 0.15) is 5.60 Å². The van der Waals surface area contributed by atoms with Crippen LogP contribution in [0.1, 0.15) is 29.8 Å². The van der Waals surface area contributed by atoms with Crippen molar-refractivity contribution < 1.29 is 18.3 Å². The topological polar surface area (TPSA) is 26.3 Å². The van der Waals surface area contributed by atoms with Crippen LogP contribution in [0.2, 0.25) is 0 Å². The Morgan fingerprint density at radius 2 is 1.39 bits per heavy atom. The van der Waals surface area contributed by atoms with Crippen molar-refractivity contribution >= 4 is 36.6 Å². The molecule has 0 atom stereocenters. The van der Waals surface area contributed by atoms with E-state index in [9.17, 15) is 13.6 Å². The molecule has 5 rings (SSSR count). The number of ether oxygens (including phenoxy) is 1. The van der Waals surface area contributed by atoms with Gasteiger partial charge < -0.3 is 4.74 Å². The van der Waals surface area contributed by atoms with Crippen LogP contribution >= 0.6 is 10.5 Å². The summed E-state index contributed by atoms with van der Waals surface area (Å²) in [5.41, 5.74) is -0.333. The second-order valence-corrected chi connectivity index (χ2v) is 10.3. The molecule has 5 heteroatoms. The van der Waals surface area contributed by atoms with Crippen LogP contribution < -0.4 is 0 Å². The minimum absolute atomic E-state index is 0.331. The third kappa shape index (κ3) is 3.79. The Kier molecular flexibility index (Phi) is 5.22. The molecule has 0 aliphatic rings. The van der Waals surface area contributed by atoms with E-state index in [-0.39, 0.29) is 10.5 Å². The Morgan fingerprint density at radius 1 is 0.758 bits per heavy atom. The minimum atomic E-state index is -1.13. The van der Waals surface area contributed by atoms with Crippen LogP contribution in [0.15, 0.2) is 91.0 Å². The molecule has 0 N–H and O–H groups in total. The van der Waals surface area contributed by atoms with Crippen LogP contribution in [0.25, 0.3) is 25.1 Å². The molecule has 164 valence electrons. The fraction of sp³-hybridized carbons (Fsp3) is 0.107. The van der Waals surface area contributed by atoms with Gasteiger partial charge in [0.15, 0.2) is 25.9 Å². The Morgan fingerprint density at radius 3 is 2.03 bits per heavy atom. The van der Waals surface area contributed by atoms with Crippen LogP contribution in [0.3, 0.4) is 0 Å². The maximum absolute atomic E-state index is 13.7. The van der Waals surface area contributed by atoms with E-state index in [4.69, 9.17) is 4.74 Å². The number of hydrogen-bond acceptors (Lipinski definition) is 2. The molecule has 0 bridgehead atoms. The number of carbonyl (C=O) groups excluding carboxylic acids is 1. The molecule has 33 heavy (non-hydrogen) atoms. The first-order chi connectivity index (χ1) is 15.8. The molecule has 0 aliphatic heterocycles. The van der Waals surface area contributed by atoms with E-state index in [1.807, 2.05) is 42.5 Å². The number of esters is 1. The third-order valence-electron chi connectivity index (χ3n) is 5.77. The van der Waals surface area contributed by atoms with Crippen molar-refractivity contribution in [2.45, 2.75) is 19.4 Å². The highest BCUT2D eigenvalue weighted by molar-refractivity contribution is 7.50. The normalized spacial score (nSPS) is 11.8. The fourth-order valence-corrected chi connectivity index (χ4v) is 6.51. The molecule has 0 amide bonds. The number of rotatable bonds is 4. The van der Waals surface area contributed by atoms with Gasteiger partial charge in [0.2, 0.25) is 0 Å². The average molecular weight is 460 g/mol. The number of hydrogen-bond donors (Lipinski definition) is 0. The number of carbonyl (C=O) groups is 1. The lowest BCUT2D eigenvalue weighted by molar-refractivity contribution is -0.00328. The Bertz CT molecular complexity index is 1460. The van der Waals surface area contributed by atoms with E-state index in [0.29, 0.717) is 11.1 Å². The van der Waals surface area contributed by atoms with E-state index in [1.165, 1.54) is 26.2 Å². The molecule has 0 saturated heterocycles. The van der Waals surface area contributed by atoms with Crippen LogP contribution in [0, 0.1) is 11.6 Å². The Labute approximate surface area is 193 Å². The first-order valence-electron chi connectivity index (χ1n) is 10.6. The smallest absolute Gasteiger partial charge is 0.339 e. The van der Waals surface area contributed by atoms with Gasteiger partial charge >= 0.3 is 5.97 Å². The van der Waals surface area contributed by atoms with E-state index in [2.05, 4.69) is 24.3 Å². The number of benzene rings is 4. The predicted octanol–water partition coefficient (Wildman–Crippen LogP) is 8.10. The third-order valence-corrected chi connectivity index (χ3v) is 8.09. The first kappa shape index (κ1) is 21.3. The van der Waals surface area contributed by atoms with Crippen LogP contribution in [0.5, 0.6) is 0 Å². The molecule has 0 unspecified atom stereocenters. The van der Waals surface area contributed by atoms with Crippen LogP contribution in [0.4, 0.5) is 8.78 Å². The van der Waals surface area contributed by atoms with Crippen molar-refractivity contribution in [1.82, 2.24) is 0 Å². The molecular formula is C28H21F2O2S+. The van der Waals surface area contributed by atoms with Crippen LogP contribution in [-0.2, 0) is 10.3 Å². The van der Waals surface area contributed by atoms with E-state index in [0.717, 1.165) is 17.0 Å². The van der Waals surface area contributed by atoms with Crippen molar-refractivity contribution in [2.75, 3.05) is 0 Å². The number of fused-ring (bicyclic) bond motifs is 3. The van der Waals surface area contributed by atoms with E-state index >= 15 is 0 Å². The monoisotopic (exact) mass is 459 g/mol. The molecule has 1 aromatic heterocycles.